The molecule has 3 heteroatoms. The second-order valence-corrected chi connectivity index (χ2v) is 12.2. The minimum Gasteiger partial charge on any atom is -0.454 e. The van der Waals surface area contributed by atoms with Crippen molar-refractivity contribution >= 4 is 65.6 Å². The van der Waals surface area contributed by atoms with Crippen LogP contribution in [0.4, 0.5) is 0 Å². The molecule has 0 spiro atoms. The van der Waals surface area contributed by atoms with Crippen molar-refractivity contribution < 1.29 is 4.42 Å². The van der Waals surface area contributed by atoms with Crippen LogP contribution in [0.25, 0.3) is 88.1 Å². The molecule has 46 heavy (non-hydrogen) atoms. The topological polar surface area (TPSA) is 23.0 Å². The molecule has 10 rings (SSSR count). The van der Waals surface area contributed by atoms with Gasteiger partial charge in [0, 0.05) is 43.7 Å². The number of aromatic nitrogens is 2. The summed E-state index contributed by atoms with van der Waals surface area (Å²) in [4.78, 5) is 0. The number of fused-ring (bicyclic) bond motifs is 10. The van der Waals surface area contributed by atoms with E-state index in [4.69, 9.17) is 4.42 Å². The molecule has 7 aromatic carbocycles. The SMILES string of the molecule is Cc1ccc2c(c1)c1ccccc1n2-c1ccc(-n2c3ccccc3c3c(-c4ccccc4)cc4c5ccccc5oc4c32)cc1. The highest BCUT2D eigenvalue weighted by molar-refractivity contribution is 6.26. The minimum absolute atomic E-state index is 0.901. The van der Waals surface area contributed by atoms with Crippen molar-refractivity contribution in [2.24, 2.45) is 0 Å². The molecule has 0 amide bonds. The first-order valence-corrected chi connectivity index (χ1v) is 15.8. The molecule has 3 heterocycles. The van der Waals surface area contributed by atoms with E-state index in [-0.39, 0.29) is 0 Å². The summed E-state index contributed by atoms with van der Waals surface area (Å²) in [6.45, 7) is 2.16. The van der Waals surface area contributed by atoms with Gasteiger partial charge in [-0.15, -0.1) is 0 Å². The molecule has 0 saturated carbocycles. The molecular weight excluding hydrogens is 560 g/mol. The van der Waals surface area contributed by atoms with E-state index in [9.17, 15) is 0 Å². The molecule has 0 aliphatic heterocycles. The molecule has 0 fully saturated rings. The molecule has 0 aliphatic carbocycles. The molecule has 0 atom stereocenters. The molecule has 0 saturated heterocycles. The number of benzene rings is 7. The van der Waals surface area contributed by atoms with Gasteiger partial charge in [0.25, 0.3) is 0 Å². The number of hydrogen-bond donors (Lipinski definition) is 0. The lowest BCUT2D eigenvalue weighted by Crippen LogP contribution is -1.97. The van der Waals surface area contributed by atoms with Gasteiger partial charge in [-0.05, 0) is 78.7 Å². The maximum Gasteiger partial charge on any atom is 0.160 e. The zero-order valence-electron chi connectivity index (χ0n) is 25.2. The van der Waals surface area contributed by atoms with E-state index in [1.54, 1.807) is 0 Å². The van der Waals surface area contributed by atoms with Gasteiger partial charge >= 0.3 is 0 Å². The van der Waals surface area contributed by atoms with E-state index in [0.29, 0.717) is 0 Å². The van der Waals surface area contributed by atoms with E-state index in [2.05, 4.69) is 162 Å². The van der Waals surface area contributed by atoms with Crippen LogP contribution in [-0.4, -0.2) is 9.13 Å². The van der Waals surface area contributed by atoms with Gasteiger partial charge < -0.3 is 13.6 Å². The number of aryl methyl sites for hydroxylation is 1. The van der Waals surface area contributed by atoms with Crippen molar-refractivity contribution in [3.63, 3.8) is 0 Å². The maximum atomic E-state index is 6.71. The van der Waals surface area contributed by atoms with Crippen LogP contribution in [0.15, 0.2) is 156 Å². The van der Waals surface area contributed by atoms with Crippen LogP contribution in [-0.2, 0) is 0 Å². The fraction of sp³-hybridized carbons (Fsp3) is 0.0233. The Balaban J connectivity index is 1.29. The highest BCUT2D eigenvalue weighted by Gasteiger charge is 2.23. The van der Waals surface area contributed by atoms with Crippen molar-refractivity contribution in [3.05, 3.63) is 157 Å². The third kappa shape index (κ3) is 3.48. The van der Waals surface area contributed by atoms with Crippen LogP contribution >= 0.6 is 0 Å². The Kier molecular flexibility index (Phi) is 5.20. The zero-order chi connectivity index (χ0) is 30.4. The van der Waals surface area contributed by atoms with Gasteiger partial charge in [-0.3, -0.25) is 0 Å². The first kappa shape index (κ1) is 25.3. The summed E-state index contributed by atoms with van der Waals surface area (Å²) in [5.74, 6) is 0. The summed E-state index contributed by atoms with van der Waals surface area (Å²) in [6, 6.07) is 54.6. The highest BCUT2D eigenvalue weighted by atomic mass is 16.3. The standard InChI is InChI=1S/C43H28N2O/c1-27-19-24-39-35(25-27)31-13-5-8-16-37(31)44(39)29-20-22-30(23-21-29)45-38-17-9-6-15-33(38)41-34(28-11-3-2-4-12-28)26-36-32-14-7-10-18-40(32)46-43(36)42(41)45/h2-26H,1H3. The van der Waals surface area contributed by atoms with Gasteiger partial charge in [-0.25, -0.2) is 0 Å². The van der Waals surface area contributed by atoms with Crippen LogP contribution in [0.5, 0.6) is 0 Å². The summed E-state index contributed by atoms with van der Waals surface area (Å²) >= 11 is 0. The van der Waals surface area contributed by atoms with E-state index in [1.807, 2.05) is 6.07 Å². The number of furan rings is 1. The second kappa shape index (κ2) is 9.47. The predicted molar refractivity (Wildman–Crippen MR) is 193 cm³/mol. The Morgan fingerprint density at radius 3 is 1.85 bits per heavy atom. The van der Waals surface area contributed by atoms with Crippen molar-refractivity contribution in [2.75, 3.05) is 0 Å². The Morgan fingerprint density at radius 2 is 1.07 bits per heavy atom. The number of para-hydroxylation sites is 3. The molecule has 0 radical (unpaired) electrons. The van der Waals surface area contributed by atoms with Crippen LogP contribution in [0.3, 0.4) is 0 Å². The third-order valence-corrected chi connectivity index (χ3v) is 9.56. The maximum absolute atomic E-state index is 6.71. The normalized spacial score (nSPS) is 12.0. The van der Waals surface area contributed by atoms with Crippen LogP contribution in [0.2, 0.25) is 0 Å². The first-order valence-electron chi connectivity index (χ1n) is 15.8. The molecule has 0 bridgehead atoms. The highest BCUT2D eigenvalue weighted by Crippen LogP contribution is 2.45. The van der Waals surface area contributed by atoms with E-state index in [1.165, 1.54) is 49.3 Å². The molecule has 3 nitrogen and oxygen atoms in total. The van der Waals surface area contributed by atoms with E-state index >= 15 is 0 Å². The molecule has 0 aliphatic rings. The van der Waals surface area contributed by atoms with Crippen molar-refractivity contribution in [3.8, 4) is 22.5 Å². The molecule has 0 unspecified atom stereocenters. The van der Waals surface area contributed by atoms with Crippen LogP contribution < -0.4 is 0 Å². The second-order valence-electron chi connectivity index (χ2n) is 12.2. The number of hydrogen-bond acceptors (Lipinski definition) is 1. The smallest absolute Gasteiger partial charge is 0.160 e. The fourth-order valence-electron chi connectivity index (χ4n) is 7.56. The van der Waals surface area contributed by atoms with Crippen LogP contribution in [0.1, 0.15) is 5.56 Å². The molecule has 0 N–H and O–H groups in total. The summed E-state index contributed by atoms with van der Waals surface area (Å²) in [5.41, 5.74) is 12.4. The lowest BCUT2D eigenvalue weighted by molar-refractivity contribution is 0.671. The average molecular weight is 589 g/mol. The third-order valence-electron chi connectivity index (χ3n) is 9.56. The van der Waals surface area contributed by atoms with Gasteiger partial charge in [0.05, 0.1) is 22.1 Å². The van der Waals surface area contributed by atoms with E-state index in [0.717, 1.165) is 44.3 Å². The Hall–Kier alpha value is -6.06. The van der Waals surface area contributed by atoms with Crippen molar-refractivity contribution in [1.29, 1.82) is 0 Å². The van der Waals surface area contributed by atoms with Gasteiger partial charge in [0.2, 0.25) is 0 Å². The lowest BCUT2D eigenvalue weighted by Gasteiger charge is -2.12. The van der Waals surface area contributed by atoms with E-state index < -0.39 is 0 Å². The summed E-state index contributed by atoms with van der Waals surface area (Å²) in [7, 11) is 0. The minimum atomic E-state index is 0.901. The largest absolute Gasteiger partial charge is 0.454 e. The van der Waals surface area contributed by atoms with Gasteiger partial charge in [0.15, 0.2) is 5.58 Å². The Labute approximate surface area is 265 Å². The van der Waals surface area contributed by atoms with Crippen molar-refractivity contribution in [1.82, 2.24) is 9.13 Å². The van der Waals surface area contributed by atoms with Crippen LogP contribution in [0, 0.1) is 6.92 Å². The Bertz CT molecular complexity index is 2790. The number of rotatable bonds is 3. The molecule has 216 valence electrons. The monoisotopic (exact) mass is 588 g/mol. The lowest BCUT2D eigenvalue weighted by atomic mass is 9.97. The molecule has 10 aromatic rings. The summed E-state index contributed by atoms with van der Waals surface area (Å²) in [5, 5.41) is 7.22. The van der Waals surface area contributed by atoms with Crippen molar-refractivity contribution in [2.45, 2.75) is 6.92 Å². The van der Waals surface area contributed by atoms with Gasteiger partial charge in [-0.1, -0.05) is 96.6 Å². The summed E-state index contributed by atoms with van der Waals surface area (Å²) in [6.07, 6.45) is 0. The molecular formula is C43H28N2O. The first-order chi connectivity index (χ1) is 22.7. The van der Waals surface area contributed by atoms with Gasteiger partial charge in [-0.2, -0.15) is 0 Å². The molecule has 3 aromatic heterocycles. The predicted octanol–water partition coefficient (Wildman–Crippen LogP) is 11.8. The number of nitrogens with zero attached hydrogens (tertiary/aromatic N) is 2. The fourth-order valence-corrected chi connectivity index (χ4v) is 7.56. The zero-order valence-corrected chi connectivity index (χ0v) is 25.2. The van der Waals surface area contributed by atoms with Gasteiger partial charge in [0.1, 0.15) is 5.58 Å². The average Bonchev–Trinajstić information content (AvgIpc) is 3.76. The Morgan fingerprint density at radius 1 is 0.457 bits per heavy atom. The summed E-state index contributed by atoms with van der Waals surface area (Å²) < 4.78 is 11.5. The quantitative estimate of drug-likeness (QED) is 0.201.